The summed E-state index contributed by atoms with van der Waals surface area (Å²) in [6.07, 6.45) is -0.381. The van der Waals surface area contributed by atoms with Crippen LogP contribution in [0.4, 0.5) is 10.5 Å². The van der Waals surface area contributed by atoms with Crippen LogP contribution in [0.15, 0.2) is 72.8 Å². The van der Waals surface area contributed by atoms with Crippen LogP contribution in [-0.4, -0.2) is 35.6 Å². The van der Waals surface area contributed by atoms with Gasteiger partial charge in [-0.3, -0.25) is 4.79 Å². The largest absolute Gasteiger partial charge is 0.444 e. The van der Waals surface area contributed by atoms with Gasteiger partial charge in [-0.25, -0.2) is 4.79 Å². The number of nitrogens with zero attached hydrogens (tertiary/aromatic N) is 1. The Bertz CT molecular complexity index is 1080. The summed E-state index contributed by atoms with van der Waals surface area (Å²) < 4.78 is 5.57. The van der Waals surface area contributed by atoms with E-state index < -0.39 is 5.60 Å². The average molecular weight is 417 g/mol. The van der Waals surface area contributed by atoms with Crippen molar-refractivity contribution in [1.82, 2.24) is 4.90 Å². The molecule has 0 aromatic heterocycles. The van der Waals surface area contributed by atoms with Crippen LogP contribution >= 0.6 is 0 Å². The third-order valence-corrected chi connectivity index (χ3v) is 5.58. The normalized spacial score (nSPS) is 18.7. The fourth-order valence-corrected chi connectivity index (χ4v) is 4.14. The van der Waals surface area contributed by atoms with Gasteiger partial charge in [-0.1, -0.05) is 66.7 Å². The molecular weight excluding hydrogens is 388 g/mol. The molecule has 1 saturated heterocycles. The minimum Gasteiger partial charge on any atom is -0.444 e. The van der Waals surface area contributed by atoms with Crippen LogP contribution < -0.4 is 5.32 Å². The first-order valence-electron chi connectivity index (χ1n) is 10.6. The lowest BCUT2D eigenvalue weighted by Crippen LogP contribution is -2.36. The molecule has 0 aliphatic carbocycles. The molecule has 5 heteroatoms. The number of rotatable bonds is 3. The van der Waals surface area contributed by atoms with Gasteiger partial charge in [-0.2, -0.15) is 0 Å². The van der Waals surface area contributed by atoms with Gasteiger partial charge < -0.3 is 15.0 Å². The van der Waals surface area contributed by atoms with Crippen molar-refractivity contribution in [2.24, 2.45) is 5.92 Å². The van der Waals surface area contributed by atoms with Crippen LogP contribution in [0.2, 0.25) is 0 Å². The summed E-state index contributed by atoms with van der Waals surface area (Å²) in [5.74, 6) is -0.547. The Kier molecular flexibility index (Phi) is 5.68. The smallest absolute Gasteiger partial charge is 0.410 e. The average Bonchev–Trinajstić information content (AvgIpc) is 3.19. The minimum absolute atomic E-state index is 0.0868. The highest BCUT2D eigenvalue weighted by molar-refractivity contribution is 6.03. The highest BCUT2D eigenvalue weighted by atomic mass is 16.6. The third-order valence-electron chi connectivity index (χ3n) is 5.58. The maximum Gasteiger partial charge on any atom is 0.410 e. The summed E-state index contributed by atoms with van der Waals surface area (Å²) in [5.41, 5.74) is 1.25. The number of amides is 2. The van der Waals surface area contributed by atoms with Gasteiger partial charge in [0.15, 0.2) is 0 Å². The summed E-state index contributed by atoms with van der Waals surface area (Å²) in [6.45, 7) is 6.32. The van der Waals surface area contributed by atoms with E-state index in [9.17, 15) is 9.59 Å². The summed E-state index contributed by atoms with van der Waals surface area (Å²) >= 11 is 0. The van der Waals surface area contributed by atoms with E-state index in [4.69, 9.17) is 4.74 Å². The van der Waals surface area contributed by atoms with Crippen LogP contribution in [-0.2, 0) is 9.53 Å². The topological polar surface area (TPSA) is 58.6 Å². The highest BCUT2D eigenvalue weighted by Crippen LogP contribution is 2.35. The predicted octanol–water partition coefficient (Wildman–Crippen LogP) is 5.43. The van der Waals surface area contributed by atoms with Crippen LogP contribution in [0, 0.1) is 5.92 Å². The molecule has 4 rings (SSSR count). The number of fused-ring (bicyclic) bond motifs is 1. The lowest BCUT2D eigenvalue weighted by Gasteiger charge is -2.24. The summed E-state index contributed by atoms with van der Waals surface area (Å²) in [4.78, 5) is 27.8. The second-order valence-corrected chi connectivity index (χ2v) is 9.02. The SMILES string of the molecule is CC(C)(C)OC(=O)N1C[C@@H](C(=O)Nc2cccc3ccccc23)[C@H](c2ccccc2)C1. The van der Waals surface area contributed by atoms with Gasteiger partial charge in [-0.15, -0.1) is 0 Å². The van der Waals surface area contributed by atoms with E-state index in [1.54, 1.807) is 4.90 Å². The number of benzene rings is 3. The van der Waals surface area contributed by atoms with Crippen molar-refractivity contribution in [2.45, 2.75) is 32.3 Å². The van der Waals surface area contributed by atoms with Crippen LogP contribution in [0.5, 0.6) is 0 Å². The molecular formula is C26H28N2O3. The summed E-state index contributed by atoms with van der Waals surface area (Å²) in [7, 11) is 0. The number of carbonyl (C=O) groups is 2. The predicted molar refractivity (Wildman–Crippen MR) is 123 cm³/mol. The Balaban J connectivity index is 1.60. The van der Waals surface area contributed by atoms with E-state index in [1.807, 2.05) is 93.6 Å². The molecule has 1 aliphatic rings. The molecule has 31 heavy (non-hydrogen) atoms. The molecule has 1 aliphatic heterocycles. The van der Waals surface area contributed by atoms with Crippen molar-refractivity contribution in [3.8, 4) is 0 Å². The van der Waals surface area contributed by atoms with Crippen molar-refractivity contribution in [2.75, 3.05) is 18.4 Å². The van der Waals surface area contributed by atoms with E-state index in [2.05, 4.69) is 5.32 Å². The Morgan fingerprint density at radius 3 is 2.32 bits per heavy atom. The standard InChI is InChI=1S/C26H28N2O3/c1-26(2,3)31-25(30)28-16-21(19-10-5-4-6-11-19)22(17-28)24(29)27-23-15-9-13-18-12-7-8-14-20(18)23/h4-15,21-22H,16-17H2,1-3H3,(H,27,29)/t21-,22+/m0/s1. The van der Waals surface area contributed by atoms with Gasteiger partial charge in [0.2, 0.25) is 5.91 Å². The molecule has 0 unspecified atom stereocenters. The molecule has 2 atom stereocenters. The first kappa shape index (κ1) is 20.9. The number of anilines is 1. The number of hydrogen-bond donors (Lipinski definition) is 1. The third kappa shape index (κ3) is 4.71. The van der Waals surface area contributed by atoms with Gasteiger partial charge >= 0.3 is 6.09 Å². The lowest BCUT2D eigenvalue weighted by molar-refractivity contribution is -0.119. The summed E-state index contributed by atoms with van der Waals surface area (Å²) in [6, 6.07) is 23.8. The molecule has 3 aromatic rings. The summed E-state index contributed by atoms with van der Waals surface area (Å²) in [5, 5.41) is 5.18. The van der Waals surface area contributed by atoms with E-state index in [1.165, 1.54) is 0 Å². The second kappa shape index (κ2) is 8.42. The fourth-order valence-electron chi connectivity index (χ4n) is 4.14. The Labute approximate surface area is 183 Å². The molecule has 2 amide bonds. The van der Waals surface area contributed by atoms with Gasteiger partial charge in [0.05, 0.1) is 5.92 Å². The van der Waals surface area contributed by atoms with Crippen molar-refractivity contribution in [3.05, 3.63) is 78.4 Å². The van der Waals surface area contributed by atoms with E-state index in [-0.39, 0.29) is 23.8 Å². The van der Waals surface area contributed by atoms with E-state index in [0.717, 1.165) is 22.0 Å². The van der Waals surface area contributed by atoms with Gasteiger partial charge in [0.1, 0.15) is 5.60 Å². The Morgan fingerprint density at radius 1 is 0.903 bits per heavy atom. The minimum atomic E-state index is -0.581. The molecule has 0 spiro atoms. The van der Waals surface area contributed by atoms with Crippen LogP contribution in [0.25, 0.3) is 10.8 Å². The van der Waals surface area contributed by atoms with Gasteiger partial charge in [0.25, 0.3) is 0 Å². The number of carbonyl (C=O) groups excluding carboxylic acids is 2. The zero-order chi connectivity index (χ0) is 22.0. The van der Waals surface area contributed by atoms with Crippen molar-refractivity contribution in [1.29, 1.82) is 0 Å². The molecule has 1 fully saturated rings. The molecule has 160 valence electrons. The van der Waals surface area contributed by atoms with Gasteiger partial charge in [-0.05, 0) is 37.8 Å². The maximum absolute atomic E-state index is 13.4. The van der Waals surface area contributed by atoms with Crippen molar-refractivity contribution >= 4 is 28.5 Å². The Morgan fingerprint density at radius 2 is 1.58 bits per heavy atom. The quantitative estimate of drug-likeness (QED) is 0.619. The van der Waals surface area contributed by atoms with E-state index >= 15 is 0 Å². The monoisotopic (exact) mass is 416 g/mol. The van der Waals surface area contributed by atoms with E-state index in [0.29, 0.717) is 13.1 Å². The number of hydrogen-bond acceptors (Lipinski definition) is 3. The molecule has 0 bridgehead atoms. The highest BCUT2D eigenvalue weighted by Gasteiger charge is 2.41. The zero-order valence-corrected chi connectivity index (χ0v) is 18.2. The maximum atomic E-state index is 13.4. The fraction of sp³-hybridized carbons (Fsp3) is 0.308. The van der Waals surface area contributed by atoms with Crippen LogP contribution in [0.3, 0.4) is 0 Å². The molecule has 1 heterocycles. The molecule has 5 nitrogen and oxygen atoms in total. The second-order valence-electron chi connectivity index (χ2n) is 9.02. The first-order chi connectivity index (χ1) is 14.8. The number of nitrogens with one attached hydrogen (secondary N) is 1. The Hall–Kier alpha value is -3.34. The number of ether oxygens (including phenoxy) is 1. The molecule has 0 radical (unpaired) electrons. The molecule has 0 saturated carbocycles. The lowest BCUT2D eigenvalue weighted by atomic mass is 9.88. The van der Waals surface area contributed by atoms with Crippen molar-refractivity contribution < 1.29 is 14.3 Å². The molecule has 3 aromatic carbocycles. The molecule has 1 N–H and O–H groups in total. The van der Waals surface area contributed by atoms with Crippen molar-refractivity contribution in [3.63, 3.8) is 0 Å². The number of likely N-dealkylation sites (tertiary alicyclic amines) is 1. The van der Waals surface area contributed by atoms with Crippen LogP contribution in [0.1, 0.15) is 32.3 Å². The first-order valence-corrected chi connectivity index (χ1v) is 10.6. The zero-order valence-electron chi connectivity index (χ0n) is 18.2. The van der Waals surface area contributed by atoms with Gasteiger partial charge in [0, 0.05) is 30.1 Å².